The number of para-hydroxylation sites is 1. The molecule has 0 saturated heterocycles. The quantitative estimate of drug-likeness (QED) is 0.502. The maximum absolute atomic E-state index is 13.7. The van der Waals surface area contributed by atoms with Gasteiger partial charge in [0.25, 0.3) is 0 Å². The summed E-state index contributed by atoms with van der Waals surface area (Å²) < 4.78 is 19.3. The molecule has 1 amide bonds. The molecule has 0 radical (unpaired) electrons. The maximum Gasteiger partial charge on any atom is 0.242 e. The van der Waals surface area contributed by atoms with Crippen LogP contribution in [-0.4, -0.2) is 49.6 Å². The first-order valence-electron chi connectivity index (χ1n) is 9.70. The van der Waals surface area contributed by atoms with Gasteiger partial charge < -0.3 is 20.3 Å². The van der Waals surface area contributed by atoms with E-state index >= 15 is 0 Å². The second-order valence-corrected chi connectivity index (χ2v) is 6.56. The number of rotatable bonds is 9. The van der Waals surface area contributed by atoms with Gasteiger partial charge in [0.15, 0.2) is 17.5 Å². The lowest BCUT2D eigenvalue weighted by Crippen LogP contribution is -2.46. The first-order valence-corrected chi connectivity index (χ1v) is 9.70. The smallest absolute Gasteiger partial charge is 0.242 e. The van der Waals surface area contributed by atoms with Crippen molar-refractivity contribution in [3.05, 3.63) is 66.0 Å². The molecule has 6 nitrogen and oxygen atoms in total. The van der Waals surface area contributed by atoms with E-state index in [4.69, 9.17) is 4.74 Å². The van der Waals surface area contributed by atoms with E-state index in [1.807, 2.05) is 44.2 Å². The Morgan fingerprint density at radius 1 is 1.14 bits per heavy atom. The monoisotopic (exact) mass is 400 g/mol. The topological polar surface area (TPSA) is 66.0 Å². The molecule has 2 aromatic carbocycles. The summed E-state index contributed by atoms with van der Waals surface area (Å²) in [5, 5.41) is 6.11. The highest BCUT2D eigenvalue weighted by Crippen LogP contribution is 2.16. The molecule has 29 heavy (non-hydrogen) atoms. The largest absolute Gasteiger partial charge is 0.486 e. The summed E-state index contributed by atoms with van der Waals surface area (Å²) in [5.41, 5.74) is 1.09. The lowest BCUT2D eigenvalue weighted by molar-refractivity contribution is -0.130. The van der Waals surface area contributed by atoms with Crippen LogP contribution in [-0.2, 0) is 11.3 Å². The van der Waals surface area contributed by atoms with Crippen LogP contribution in [0.25, 0.3) is 0 Å². The molecule has 0 aliphatic rings. The lowest BCUT2D eigenvalue weighted by atomic mass is 10.2. The summed E-state index contributed by atoms with van der Waals surface area (Å²) in [6.07, 6.45) is -0.286. The summed E-state index contributed by atoms with van der Waals surface area (Å²) in [5.74, 6) is 0.276. The van der Waals surface area contributed by atoms with Crippen LogP contribution in [0.2, 0.25) is 0 Å². The van der Waals surface area contributed by atoms with Crippen LogP contribution in [0.3, 0.4) is 0 Å². The van der Waals surface area contributed by atoms with Gasteiger partial charge in [-0.15, -0.1) is 0 Å². The average molecular weight is 400 g/mol. The van der Waals surface area contributed by atoms with Crippen LogP contribution in [0.5, 0.6) is 5.75 Å². The molecule has 2 N–H and O–H groups in total. The maximum atomic E-state index is 13.7. The predicted octanol–water partition coefficient (Wildman–Crippen LogP) is 2.81. The number of nitrogens with one attached hydrogen (secondary N) is 2. The van der Waals surface area contributed by atoms with Crippen molar-refractivity contribution in [2.45, 2.75) is 26.5 Å². The third-order valence-corrected chi connectivity index (χ3v) is 4.30. The Labute approximate surface area is 171 Å². The van der Waals surface area contributed by atoms with Gasteiger partial charge in [0.1, 0.15) is 6.10 Å². The van der Waals surface area contributed by atoms with Crippen molar-refractivity contribution in [2.75, 3.05) is 26.7 Å². The van der Waals surface area contributed by atoms with Gasteiger partial charge in [-0.05, 0) is 31.5 Å². The number of likely N-dealkylation sites (N-methyl/N-ethyl adjacent to an activating group) is 1. The molecule has 1 atom stereocenters. The number of carbonyl (C=O) groups excluding carboxylic acids is 1. The molecule has 7 heteroatoms. The van der Waals surface area contributed by atoms with Gasteiger partial charge in [-0.1, -0.05) is 42.5 Å². The summed E-state index contributed by atoms with van der Waals surface area (Å²) >= 11 is 0. The average Bonchev–Trinajstić information content (AvgIpc) is 2.74. The Kier molecular flexibility index (Phi) is 8.95. The summed E-state index contributed by atoms with van der Waals surface area (Å²) in [4.78, 5) is 18.4. The standard InChI is InChI=1S/C22H29FN4O2/c1-4-27(16-18-10-6-5-7-11-18)21(28)15-26-22(24-3)25-14-17(2)29-20-13-9-8-12-19(20)23/h5-13,17H,4,14-16H2,1-3H3,(H2,24,25,26). The minimum Gasteiger partial charge on any atom is -0.486 e. The Bertz CT molecular complexity index is 798. The fraction of sp³-hybridized carbons (Fsp3) is 0.364. The zero-order valence-electron chi connectivity index (χ0n) is 17.2. The van der Waals surface area contributed by atoms with Crippen molar-refractivity contribution in [1.82, 2.24) is 15.5 Å². The normalized spacial score (nSPS) is 12.2. The molecule has 2 aromatic rings. The number of halogens is 1. The van der Waals surface area contributed by atoms with Crippen molar-refractivity contribution in [3.8, 4) is 5.75 Å². The Hall–Kier alpha value is -3.09. The van der Waals surface area contributed by atoms with Gasteiger partial charge in [-0.2, -0.15) is 0 Å². The molecule has 0 aliphatic carbocycles. The van der Waals surface area contributed by atoms with Crippen molar-refractivity contribution >= 4 is 11.9 Å². The van der Waals surface area contributed by atoms with Gasteiger partial charge in [0.05, 0.1) is 13.1 Å². The Balaban J connectivity index is 1.78. The van der Waals surface area contributed by atoms with E-state index < -0.39 is 5.82 Å². The van der Waals surface area contributed by atoms with E-state index in [9.17, 15) is 9.18 Å². The van der Waals surface area contributed by atoms with Crippen LogP contribution >= 0.6 is 0 Å². The summed E-state index contributed by atoms with van der Waals surface area (Å²) in [6, 6.07) is 16.2. The van der Waals surface area contributed by atoms with Crippen LogP contribution in [0.1, 0.15) is 19.4 Å². The van der Waals surface area contributed by atoms with Gasteiger partial charge in [-0.3, -0.25) is 9.79 Å². The highest BCUT2D eigenvalue weighted by atomic mass is 19.1. The van der Waals surface area contributed by atoms with Crippen molar-refractivity contribution in [2.24, 2.45) is 4.99 Å². The summed E-state index contributed by atoms with van der Waals surface area (Å²) in [6.45, 7) is 5.51. The minimum absolute atomic E-state index is 0.0186. The number of hydrogen-bond acceptors (Lipinski definition) is 3. The fourth-order valence-electron chi connectivity index (χ4n) is 2.71. The number of guanidine groups is 1. The van der Waals surface area contributed by atoms with Crippen LogP contribution < -0.4 is 15.4 Å². The number of benzene rings is 2. The molecular formula is C22H29FN4O2. The van der Waals surface area contributed by atoms with E-state index in [2.05, 4.69) is 15.6 Å². The fourth-order valence-corrected chi connectivity index (χ4v) is 2.71. The first-order chi connectivity index (χ1) is 14.0. The van der Waals surface area contributed by atoms with Gasteiger partial charge in [0.2, 0.25) is 5.91 Å². The molecule has 0 aliphatic heterocycles. The number of aliphatic imine (C=N–C) groups is 1. The second kappa shape index (κ2) is 11.7. The minimum atomic E-state index is -0.398. The number of nitrogens with zero attached hydrogens (tertiary/aromatic N) is 2. The van der Waals surface area contributed by atoms with E-state index in [0.717, 1.165) is 5.56 Å². The SMILES string of the molecule is CCN(Cc1ccccc1)C(=O)CNC(=NC)NCC(C)Oc1ccccc1F. The van der Waals surface area contributed by atoms with Crippen LogP contribution in [0, 0.1) is 5.82 Å². The van der Waals surface area contributed by atoms with E-state index in [1.165, 1.54) is 6.07 Å². The molecule has 0 aromatic heterocycles. The van der Waals surface area contributed by atoms with Gasteiger partial charge in [0, 0.05) is 20.1 Å². The van der Waals surface area contributed by atoms with Crippen LogP contribution in [0.15, 0.2) is 59.6 Å². The zero-order chi connectivity index (χ0) is 21.1. The number of carbonyl (C=O) groups is 1. The Morgan fingerprint density at radius 3 is 2.48 bits per heavy atom. The molecule has 0 heterocycles. The molecule has 156 valence electrons. The third kappa shape index (κ3) is 7.44. The molecule has 2 rings (SSSR count). The summed E-state index contributed by atoms with van der Waals surface area (Å²) in [7, 11) is 1.63. The second-order valence-electron chi connectivity index (χ2n) is 6.56. The highest BCUT2D eigenvalue weighted by Gasteiger charge is 2.13. The van der Waals surface area contributed by atoms with Gasteiger partial charge >= 0.3 is 0 Å². The molecular weight excluding hydrogens is 371 g/mol. The Morgan fingerprint density at radius 2 is 1.83 bits per heavy atom. The van der Waals surface area contributed by atoms with E-state index in [1.54, 1.807) is 30.1 Å². The number of ether oxygens (including phenoxy) is 1. The van der Waals surface area contributed by atoms with E-state index in [0.29, 0.717) is 25.6 Å². The molecule has 0 spiro atoms. The van der Waals surface area contributed by atoms with Gasteiger partial charge in [-0.25, -0.2) is 4.39 Å². The van der Waals surface area contributed by atoms with Crippen molar-refractivity contribution in [3.63, 3.8) is 0 Å². The highest BCUT2D eigenvalue weighted by molar-refractivity contribution is 5.86. The van der Waals surface area contributed by atoms with E-state index in [-0.39, 0.29) is 24.3 Å². The third-order valence-electron chi connectivity index (χ3n) is 4.30. The molecule has 0 bridgehead atoms. The molecule has 0 saturated carbocycles. The zero-order valence-corrected chi connectivity index (χ0v) is 17.2. The number of amides is 1. The molecule has 0 fully saturated rings. The van der Waals surface area contributed by atoms with Crippen LogP contribution in [0.4, 0.5) is 4.39 Å². The lowest BCUT2D eigenvalue weighted by Gasteiger charge is -2.22. The van der Waals surface area contributed by atoms with Crippen molar-refractivity contribution in [1.29, 1.82) is 0 Å². The predicted molar refractivity (Wildman–Crippen MR) is 113 cm³/mol. The first kappa shape index (κ1) is 22.2. The van der Waals surface area contributed by atoms with Crippen molar-refractivity contribution < 1.29 is 13.9 Å². The molecule has 1 unspecified atom stereocenters. The number of hydrogen-bond donors (Lipinski definition) is 2.